The van der Waals surface area contributed by atoms with Gasteiger partial charge in [-0.3, -0.25) is 0 Å². The van der Waals surface area contributed by atoms with E-state index in [9.17, 15) is 0 Å². The molecule has 7 heteroatoms. The minimum absolute atomic E-state index is 0.00769. The number of hydroxylamine groups is 1. The molecule has 0 radical (unpaired) electrons. The summed E-state index contributed by atoms with van der Waals surface area (Å²) < 4.78 is 4.57. The van der Waals surface area contributed by atoms with Crippen molar-refractivity contribution in [2.45, 2.75) is 6.92 Å². The molecule has 1 aromatic heterocycles. The Hall–Kier alpha value is -1.63. The molecule has 0 aliphatic carbocycles. The third-order valence-electron chi connectivity index (χ3n) is 1.39. The van der Waals surface area contributed by atoms with E-state index in [1.807, 2.05) is 0 Å². The topological polar surface area (TPSA) is 89.8 Å². The van der Waals surface area contributed by atoms with E-state index in [1.165, 1.54) is 5.06 Å². The summed E-state index contributed by atoms with van der Waals surface area (Å²) in [5.41, 5.74) is 5.23. The third-order valence-corrected chi connectivity index (χ3v) is 1.39. The highest BCUT2D eigenvalue weighted by Gasteiger charge is 2.20. The van der Waals surface area contributed by atoms with Gasteiger partial charge in [-0.2, -0.15) is 10.0 Å². The van der Waals surface area contributed by atoms with Crippen LogP contribution < -0.4 is 10.8 Å². The minimum atomic E-state index is 0.00769. The zero-order valence-corrected chi connectivity index (χ0v) is 6.39. The van der Waals surface area contributed by atoms with Crippen LogP contribution in [-0.4, -0.2) is 22.7 Å². The molecule has 0 saturated heterocycles. The number of hydrogen-bond acceptors (Lipinski definition) is 7. The maximum absolute atomic E-state index is 5.23. The highest BCUT2D eigenvalue weighted by Crippen LogP contribution is 2.14. The van der Waals surface area contributed by atoms with Crippen LogP contribution in [0.2, 0.25) is 0 Å². The van der Waals surface area contributed by atoms with Gasteiger partial charge in [-0.25, -0.2) is 9.83 Å². The summed E-state index contributed by atoms with van der Waals surface area (Å²) in [5, 5.41) is 4.92. The Morgan fingerprint density at radius 1 is 1.58 bits per heavy atom. The first-order valence-corrected chi connectivity index (χ1v) is 3.30. The lowest BCUT2D eigenvalue weighted by Gasteiger charge is -2.08. The number of nitrogens with zero attached hydrogens (tertiary/aromatic N) is 4. The number of nitrogen functional groups attached to an aromatic ring is 1. The fourth-order valence-electron chi connectivity index (χ4n) is 0.850. The van der Waals surface area contributed by atoms with Gasteiger partial charge in [0, 0.05) is 0 Å². The normalized spacial score (nSPS) is 16.8. The predicted molar refractivity (Wildman–Crippen MR) is 40.3 cm³/mol. The Balaban J connectivity index is 2.26. The molecule has 2 heterocycles. The van der Waals surface area contributed by atoms with Crippen molar-refractivity contribution in [2.75, 3.05) is 17.5 Å². The molecule has 0 spiro atoms. The highest BCUT2D eigenvalue weighted by molar-refractivity contribution is 5.93. The zero-order valence-electron chi connectivity index (χ0n) is 6.39. The third kappa shape index (κ3) is 0.996. The lowest BCUT2D eigenvalue weighted by atomic mass is 10.6. The molecule has 12 heavy (non-hydrogen) atoms. The molecule has 64 valence electrons. The fourth-order valence-corrected chi connectivity index (χ4v) is 0.850. The molecule has 0 unspecified atom stereocenters. The summed E-state index contributed by atoms with van der Waals surface area (Å²) in [7, 11) is 0. The van der Waals surface area contributed by atoms with E-state index < -0.39 is 0 Å². The summed E-state index contributed by atoms with van der Waals surface area (Å²) in [6, 6.07) is 0.00769. The smallest absolute Gasteiger partial charge is 0.320 e. The molecule has 1 aliphatic rings. The van der Waals surface area contributed by atoms with Gasteiger partial charge >= 0.3 is 6.01 Å². The molecule has 2 rings (SSSR count). The largest absolute Gasteiger partial charge is 0.351 e. The van der Waals surface area contributed by atoms with Gasteiger partial charge in [-0.05, 0) is 12.1 Å². The van der Waals surface area contributed by atoms with Crippen molar-refractivity contribution in [1.29, 1.82) is 0 Å². The van der Waals surface area contributed by atoms with Crippen molar-refractivity contribution >= 4 is 17.8 Å². The lowest BCUT2D eigenvalue weighted by Crippen LogP contribution is -2.24. The van der Waals surface area contributed by atoms with Gasteiger partial charge in [0.25, 0.3) is 5.95 Å². The van der Waals surface area contributed by atoms with Crippen molar-refractivity contribution in [3.63, 3.8) is 0 Å². The van der Waals surface area contributed by atoms with Crippen LogP contribution >= 0.6 is 0 Å². The average Bonchev–Trinajstić information content (AvgIpc) is 2.58. The summed E-state index contributed by atoms with van der Waals surface area (Å²) >= 11 is 0. The van der Waals surface area contributed by atoms with Crippen molar-refractivity contribution in [2.24, 2.45) is 4.99 Å². The molecule has 0 saturated carbocycles. The predicted octanol–water partition coefficient (Wildman–Crippen LogP) is -0.221. The summed E-state index contributed by atoms with van der Waals surface area (Å²) in [4.78, 5) is 12.8. The highest BCUT2D eigenvalue weighted by atomic mass is 16.7. The van der Waals surface area contributed by atoms with E-state index in [4.69, 9.17) is 10.6 Å². The SMILES string of the molecule is CC1=NCON1c1noc(N)n1. The van der Waals surface area contributed by atoms with E-state index in [0.29, 0.717) is 5.84 Å². The number of amidine groups is 1. The Bertz CT molecular complexity index is 319. The van der Waals surface area contributed by atoms with Crippen LogP contribution in [0.3, 0.4) is 0 Å². The zero-order chi connectivity index (χ0) is 8.55. The van der Waals surface area contributed by atoms with Crippen molar-refractivity contribution < 1.29 is 9.36 Å². The summed E-state index contributed by atoms with van der Waals surface area (Å²) in [6.45, 7) is 2.06. The first-order chi connectivity index (χ1) is 5.77. The van der Waals surface area contributed by atoms with E-state index >= 15 is 0 Å². The number of nitrogens with two attached hydrogens (primary N) is 1. The molecule has 7 nitrogen and oxygen atoms in total. The minimum Gasteiger partial charge on any atom is -0.351 e. The van der Waals surface area contributed by atoms with E-state index in [1.54, 1.807) is 6.92 Å². The Morgan fingerprint density at radius 3 is 2.92 bits per heavy atom. The number of aromatic nitrogens is 2. The first kappa shape index (κ1) is 7.04. The Labute approximate surface area is 67.8 Å². The van der Waals surface area contributed by atoms with Gasteiger partial charge in [-0.15, -0.1) is 0 Å². The quantitative estimate of drug-likeness (QED) is 0.625. The second-order valence-corrected chi connectivity index (χ2v) is 2.19. The van der Waals surface area contributed by atoms with Crippen LogP contribution in [0.1, 0.15) is 6.92 Å². The van der Waals surface area contributed by atoms with Gasteiger partial charge in [0.1, 0.15) is 5.84 Å². The average molecular weight is 169 g/mol. The van der Waals surface area contributed by atoms with Crippen LogP contribution in [0.4, 0.5) is 12.0 Å². The number of aliphatic imine (C=N–C) groups is 1. The molecule has 2 N–H and O–H groups in total. The number of hydrogen-bond donors (Lipinski definition) is 1. The molecule has 0 fully saturated rings. The molecule has 0 atom stereocenters. The second-order valence-electron chi connectivity index (χ2n) is 2.19. The summed E-state index contributed by atoms with van der Waals surface area (Å²) in [6.07, 6.45) is 0. The van der Waals surface area contributed by atoms with E-state index in [0.717, 1.165) is 0 Å². The van der Waals surface area contributed by atoms with Crippen LogP contribution in [0, 0.1) is 0 Å². The van der Waals surface area contributed by atoms with E-state index in [2.05, 4.69) is 19.7 Å². The molecular formula is C5H7N5O2. The maximum Gasteiger partial charge on any atom is 0.320 e. The Morgan fingerprint density at radius 2 is 2.42 bits per heavy atom. The van der Waals surface area contributed by atoms with Gasteiger partial charge in [0.15, 0.2) is 6.73 Å². The molecule has 1 aromatic rings. The number of rotatable bonds is 1. The van der Waals surface area contributed by atoms with Crippen LogP contribution in [-0.2, 0) is 4.84 Å². The maximum atomic E-state index is 5.23. The van der Waals surface area contributed by atoms with Crippen LogP contribution in [0.25, 0.3) is 0 Å². The standard InChI is InChI=1S/C5H7N5O2/c1-3-7-2-11-10(3)5-8-4(6)12-9-5/h2H2,1H3,(H2,6,8,9). The van der Waals surface area contributed by atoms with Gasteiger partial charge in [0.05, 0.1) is 0 Å². The Kier molecular flexibility index (Phi) is 1.44. The second kappa shape index (κ2) is 2.45. The molecular weight excluding hydrogens is 162 g/mol. The van der Waals surface area contributed by atoms with Gasteiger partial charge < -0.3 is 10.3 Å². The van der Waals surface area contributed by atoms with Gasteiger partial charge in [-0.1, -0.05) is 0 Å². The fraction of sp³-hybridized carbons (Fsp3) is 0.400. The van der Waals surface area contributed by atoms with Gasteiger partial charge in [0.2, 0.25) is 0 Å². The van der Waals surface area contributed by atoms with Crippen molar-refractivity contribution in [3.05, 3.63) is 0 Å². The molecule has 1 aliphatic heterocycles. The molecule has 0 aromatic carbocycles. The van der Waals surface area contributed by atoms with Crippen LogP contribution in [0.15, 0.2) is 9.52 Å². The first-order valence-electron chi connectivity index (χ1n) is 3.30. The molecule has 0 bridgehead atoms. The number of anilines is 2. The molecule has 0 amide bonds. The lowest BCUT2D eigenvalue weighted by molar-refractivity contribution is 0.167. The van der Waals surface area contributed by atoms with E-state index in [-0.39, 0.29) is 18.7 Å². The summed E-state index contributed by atoms with van der Waals surface area (Å²) in [5.74, 6) is 0.946. The van der Waals surface area contributed by atoms with Crippen LogP contribution in [0.5, 0.6) is 0 Å². The monoisotopic (exact) mass is 169 g/mol. The van der Waals surface area contributed by atoms with Crippen molar-refractivity contribution in [3.8, 4) is 0 Å². The van der Waals surface area contributed by atoms with Crippen molar-refractivity contribution in [1.82, 2.24) is 10.1 Å².